The number of nitrogens with zero attached hydrogens (tertiary/aromatic N) is 1. The van der Waals surface area contributed by atoms with Gasteiger partial charge >= 0.3 is 0 Å². The molecule has 0 atom stereocenters. The van der Waals surface area contributed by atoms with Gasteiger partial charge in [-0.1, -0.05) is 34.1 Å². The van der Waals surface area contributed by atoms with E-state index in [4.69, 9.17) is 0 Å². The van der Waals surface area contributed by atoms with Gasteiger partial charge in [-0.25, -0.2) is 13.4 Å². The van der Waals surface area contributed by atoms with Crippen LogP contribution >= 0.6 is 15.9 Å². The fourth-order valence-electron chi connectivity index (χ4n) is 2.00. The highest BCUT2D eigenvalue weighted by molar-refractivity contribution is 9.10. The zero-order valence-electron chi connectivity index (χ0n) is 10.6. The van der Waals surface area contributed by atoms with Crippen LogP contribution in [0.25, 0.3) is 22.4 Å². The van der Waals surface area contributed by atoms with E-state index in [0.29, 0.717) is 11.3 Å². The van der Waals surface area contributed by atoms with E-state index >= 15 is 0 Å². The van der Waals surface area contributed by atoms with Crippen molar-refractivity contribution in [2.75, 3.05) is 6.26 Å². The minimum atomic E-state index is -3.21. The summed E-state index contributed by atoms with van der Waals surface area (Å²) in [6, 6.07) is 12.6. The van der Waals surface area contributed by atoms with Gasteiger partial charge in [0.15, 0.2) is 9.84 Å². The number of imidazole rings is 1. The predicted molar refractivity (Wildman–Crippen MR) is 82.3 cm³/mol. The molecule has 0 aliphatic carbocycles. The number of aromatic nitrogens is 2. The number of sulfone groups is 1. The molecule has 0 spiro atoms. The Hall–Kier alpha value is -1.66. The molecular weight excluding hydrogens is 340 g/mol. The molecule has 0 unspecified atom stereocenters. The second-order valence-corrected chi connectivity index (χ2v) is 7.39. The first-order chi connectivity index (χ1) is 9.45. The van der Waals surface area contributed by atoms with E-state index < -0.39 is 9.84 Å². The van der Waals surface area contributed by atoms with Crippen molar-refractivity contribution in [1.29, 1.82) is 0 Å². The number of hydrogen-bond donors (Lipinski definition) is 1. The van der Waals surface area contributed by atoms with Gasteiger partial charge in [0, 0.05) is 16.3 Å². The first-order valence-corrected chi connectivity index (χ1v) is 8.58. The Morgan fingerprint density at radius 2 is 1.90 bits per heavy atom. The molecule has 20 heavy (non-hydrogen) atoms. The fourth-order valence-corrected chi connectivity index (χ4v) is 3.12. The number of rotatable bonds is 2. The van der Waals surface area contributed by atoms with Gasteiger partial charge in [-0.2, -0.15) is 0 Å². The Morgan fingerprint density at radius 3 is 2.60 bits per heavy atom. The van der Waals surface area contributed by atoms with E-state index in [2.05, 4.69) is 25.9 Å². The molecule has 0 amide bonds. The Bertz CT molecular complexity index is 900. The number of benzene rings is 2. The van der Waals surface area contributed by atoms with E-state index in [0.717, 1.165) is 15.6 Å². The zero-order valence-corrected chi connectivity index (χ0v) is 13.0. The van der Waals surface area contributed by atoms with Crippen LogP contribution in [0.15, 0.2) is 51.8 Å². The monoisotopic (exact) mass is 350 g/mol. The van der Waals surface area contributed by atoms with E-state index in [-0.39, 0.29) is 4.90 Å². The lowest BCUT2D eigenvalue weighted by Gasteiger charge is -1.98. The lowest BCUT2D eigenvalue weighted by molar-refractivity contribution is 0.602. The standard InChI is InChI=1S/C14H11BrN2O2S/c1-20(18,19)9-6-7-12-13(8-9)17-14(16-12)10-4-2-3-5-11(10)15/h2-8H,1H3,(H,16,17). The Labute approximate surface area is 124 Å². The lowest BCUT2D eigenvalue weighted by atomic mass is 10.2. The van der Waals surface area contributed by atoms with Crippen LogP contribution in [0.1, 0.15) is 0 Å². The van der Waals surface area contributed by atoms with Gasteiger partial charge in [-0.15, -0.1) is 0 Å². The molecule has 0 aliphatic heterocycles. The maximum Gasteiger partial charge on any atom is 0.175 e. The summed E-state index contributed by atoms with van der Waals surface area (Å²) in [4.78, 5) is 7.93. The summed E-state index contributed by atoms with van der Waals surface area (Å²) in [5.41, 5.74) is 2.38. The van der Waals surface area contributed by atoms with Crippen molar-refractivity contribution in [2.24, 2.45) is 0 Å². The van der Waals surface area contributed by atoms with E-state index in [1.54, 1.807) is 18.2 Å². The molecule has 0 saturated carbocycles. The average Bonchev–Trinajstić information content (AvgIpc) is 2.80. The van der Waals surface area contributed by atoms with Crippen LogP contribution in [0, 0.1) is 0 Å². The van der Waals surface area contributed by atoms with Crippen molar-refractivity contribution >= 4 is 36.8 Å². The van der Waals surface area contributed by atoms with Gasteiger partial charge in [0.25, 0.3) is 0 Å². The van der Waals surface area contributed by atoms with Crippen molar-refractivity contribution in [3.63, 3.8) is 0 Å². The maximum atomic E-state index is 11.6. The number of H-pyrrole nitrogens is 1. The van der Waals surface area contributed by atoms with Crippen LogP contribution in [0.3, 0.4) is 0 Å². The van der Waals surface area contributed by atoms with Gasteiger partial charge in [0.05, 0.1) is 15.9 Å². The van der Waals surface area contributed by atoms with Crippen molar-refractivity contribution in [3.8, 4) is 11.4 Å². The zero-order chi connectivity index (χ0) is 14.3. The molecule has 6 heteroatoms. The Morgan fingerprint density at radius 1 is 1.15 bits per heavy atom. The van der Waals surface area contributed by atoms with Crippen molar-refractivity contribution in [1.82, 2.24) is 9.97 Å². The van der Waals surface area contributed by atoms with Gasteiger partial charge < -0.3 is 4.98 Å². The predicted octanol–water partition coefficient (Wildman–Crippen LogP) is 3.40. The summed E-state index contributed by atoms with van der Waals surface area (Å²) in [5, 5.41) is 0. The quantitative estimate of drug-likeness (QED) is 0.770. The largest absolute Gasteiger partial charge is 0.338 e. The van der Waals surface area contributed by atoms with Gasteiger partial charge in [-0.3, -0.25) is 0 Å². The van der Waals surface area contributed by atoms with Crippen LogP contribution in [0.4, 0.5) is 0 Å². The van der Waals surface area contributed by atoms with Crippen LogP contribution in [0.5, 0.6) is 0 Å². The molecule has 2 aromatic carbocycles. The molecule has 0 saturated heterocycles. The molecule has 4 nitrogen and oxygen atoms in total. The minimum Gasteiger partial charge on any atom is -0.338 e. The summed E-state index contributed by atoms with van der Waals surface area (Å²) in [7, 11) is -3.21. The topological polar surface area (TPSA) is 62.8 Å². The summed E-state index contributed by atoms with van der Waals surface area (Å²) in [6.07, 6.45) is 1.19. The lowest BCUT2D eigenvalue weighted by Crippen LogP contribution is -1.96. The third kappa shape index (κ3) is 2.36. The summed E-state index contributed by atoms with van der Waals surface area (Å²) in [5.74, 6) is 0.707. The molecule has 0 radical (unpaired) electrons. The van der Waals surface area contributed by atoms with Crippen LogP contribution in [-0.4, -0.2) is 24.6 Å². The minimum absolute atomic E-state index is 0.285. The molecule has 1 aromatic heterocycles. The first-order valence-electron chi connectivity index (χ1n) is 5.90. The number of halogens is 1. The van der Waals surface area contributed by atoms with Crippen molar-refractivity contribution < 1.29 is 8.42 Å². The second-order valence-electron chi connectivity index (χ2n) is 4.52. The molecule has 1 N–H and O–H groups in total. The molecule has 0 bridgehead atoms. The SMILES string of the molecule is CS(=O)(=O)c1ccc2nc(-c3ccccc3Br)[nH]c2c1. The van der Waals surface area contributed by atoms with Crippen LogP contribution < -0.4 is 0 Å². The highest BCUT2D eigenvalue weighted by Gasteiger charge is 2.12. The summed E-state index contributed by atoms with van der Waals surface area (Å²) >= 11 is 3.48. The molecule has 0 fully saturated rings. The van der Waals surface area contributed by atoms with Crippen molar-refractivity contribution in [3.05, 3.63) is 46.9 Å². The smallest absolute Gasteiger partial charge is 0.175 e. The molecule has 3 rings (SSSR count). The van der Waals surface area contributed by atoms with Crippen LogP contribution in [0.2, 0.25) is 0 Å². The van der Waals surface area contributed by atoms with Crippen molar-refractivity contribution in [2.45, 2.75) is 4.90 Å². The molecule has 0 aliphatic rings. The van der Waals surface area contributed by atoms with E-state index in [9.17, 15) is 8.42 Å². The highest BCUT2D eigenvalue weighted by atomic mass is 79.9. The van der Waals surface area contributed by atoms with Gasteiger partial charge in [0.2, 0.25) is 0 Å². The fraction of sp³-hybridized carbons (Fsp3) is 0.0714. The van der Waals surface area contributed by atoms with E-state index in [1.165, 1.54) is 6.26 Å². The summed E-state index contributed by atoms with van der Waals surface area (Å²) < 4.78 is 24.1. The summed E-state index contributed by atoms with van der Waals surface area (Å²) in [6.45, 7) is 0. The molecular formula is C14H11BrN2O2S. The third-order valence-corrected chi connectivity index (χ3v) is 4.81. The average molecular weight is 351 g/mol. The normalized spacial score (nSPS) is 11.9. The first kappa shape index (κ1) is 13.3. The third-order valence-electron chi connectivity index (χ3n) is 3.01. The second kappa shape index (κ2) is 4.71. The molecule has 3 aromatic rings. The number of hydrogen-bond acceptors (Lipinski definition) is 3. The maximum absolute atomic E-state index is 11.6. The van der Waals surface area contributed by atoms with Gasteiger partial charge in [0.1, 0.15) is 5.82 Å². The van der Waals surface area contributed by atoms with Crippen LogP contribution in [-0.2, 0) is 9.84 Å². The molecule has 102 valence electrons. The Kier molecular flexibility index (Phi) is 3.14. The molecule has 1 heterocycles. The van der Waals surface area contributed by atoms with Gasteiger partial charge in [-0.05, 0) is 24.3 Å². The number of nitrogens with one attached hydrogen (secondary N) is 1. The Balaban J connectivity index is 2.19. The number of aromatic amines is 1. The highest BCUT2D eigenvalue weighted by Crippen LogP contribution is 2.28. The van der Waals surface area contributed by atoms with E-state index in [1.807, 2.05) is 24.3 Å². The number of fused-ring (bicyclic) bond motifs is 1.